The molecule has 0 bridgehead atoms. The molecular weight excluding hydrogens is 436 g/mol. The number of hydrogen-bond donors (Lipinski definition) is 1. The lowest BCUT2D eigenvalue weighted by molar-refractivity contribution is -0.151. The molecule has 0 aromatic heterocycles. The van der Waals surface area contributed by atoms with Gasteiger partial charge < -0.3 is 15.0 Å². The van der Waals surface area contributed by atoms with Gasteiger partial charge in [0.25, 0.3) is 5.91 Å². The van der Waals surface area contributed by atoms with Crippen LogP contribution in [0.3, 0.4) is 0 Å². The molecule has 1 aliphatic heterocycles. The normalized spacial score (nSPS) is 16.1. The first kappa shape index (κ1) is 21.0. The Morgan fingerprint density at radius 1 is 1.14 bits per heavy atom. The number of amides is 2. The first-order valence-corrected chi connectivity index (χ1v) is 10.1. The predicted molar refractivity (Wildman–Crippen MR) is 115 cm³/mol. The molecule has 2 amide bonds. The highest BCUT2D eigenvalue weighted by atomic mass is 79.9. The molecule has 1 N–H and O–H groups in total. The molecule has 7 heteroatoms. The van der Waals surface area contributed by atoms with E-state index in [0.717, 1.165) is 26.9 Å². The molecule has 1 saturated heterocycles. The molecule has 152 valence electrons. The molecule has 1 fully saturated rings. The second-order valence-corrected chi connectivity index (χ2v) is 8.23. The Hall–Kier alpha value is -2.67. The highest BCUT2D eigenvalue weighted by Gasteiger charge is 2.36. The standard InChI is InChI=1S/C22H23BrN2O4/c1-13-6-14(2)8-18(7-13)25-11-16(10-21(25)27)22(28)29-12-20(26)24-17-4-5-19(23)15(3)9-17/h4-9,16H,10-12H2,1-3H3,(H,24,26)/t16-/m1/s1. The van der Waals surface area contributed by atoms with E-state index < -0.39 is 17.8 Å². The second kappa shape index (κ2) is 8.78. The number of benzene rings is 2. The third-order valence-electron chi connectivity index (χ3n) is 4.76. The third kappa shape index (κ3) is 5.23. The van der Waals surface area contributed by atoms with Crippen LogP contribution in [0, 0.1) is 26.7 Å². The number of nitrogens with zero attached hydrogens (tertiary/aromatic N) is 1. The molecule has 3 rings (SSSR count). The van der Waals surface area contributed by atoms with E-state index in [2.05, 4.69) is 21.2 Å². The Bertz CT molecular complexity index is 953. The first-order chi connectivity index (χ1) is 13.7. The maximum atomic E-state index is 12.4. The van der Waals surface area contributed by atoms with Crippen LogP contribution in [-0.2, 0) is 19.1 Å². The zero-order valence-electron chi connectivity index (χ0n) is 16.6. The first-order valence-electron chi connectivity index (χ1n) is 9.34. The third-order valence-corrected chi connectivity index (χ3v) is 5.65. The van der Waals surface area contributed by atoms with Crippen molar-refractivity contribution in [2.75, 3.05) is 23.4 Å². The second-order valence-electron chi connectivity index (χ2n) is 7.37. The molecule has 1 atom stereocenters. The van der Waals surface area contributed by atoms with E-state index in [9.17, 15) is 14.4 Å². The highest BCUT2D eigenvalue weighted by Crippen LogP contribution is 2.27. The summed E-state index contributed by atoms with van der Waals surface area (Å²) in [6, 6.07) is 11.3. The molecule has 0 saturated carbocycles. The van der Waals surface area contributed by atoms with Crippen LogP contribution in [0.5, 0.6) is 0 Å². The monoisotopic (exact) mass is 458 g/mol. The topological polar surface area (TPSA) is 75.7 Å². The fourth-order valence-corrected chi connectivity index (χ4v) is 3.64. The quantitative estimate of drug-likeness (QED) is 0.689. The summed E-state index contributed by atoms with van der Waals surface area (Å²) in [7, 11) is 0. The number of nitrogens with one attached hydrogen (secondary N) is 1. The maximum Gasteiger partial charge on any atom is 0.311 e. The molecule has 0 spiro atoms. The Balaban J connectivity index is 1.55. The number of carbonyl (C=O) groups is 3. The molecule has 0 unspecified atom stereocenters. The summed E-state index contributed by atoms with van der Waals surface area (Å²) >= 11 is 3.40. The van der Waals surface area contributed by atoms with Crippen molar-refractivity contribution in [1.29, 1.82) is 0 Å². The highest BCUT2D eigenvalue weighted by molar-refractivity contribution is 9.10. The Kier molecular flexibility index (Phi) is 6.37. The van der Waals surface area contributed by atoms with Crippen LogP contribution in [-0.4, -0.2) is 30.9 Å². The molecule has 2 aromatic carbocycles. The molecule has 29 heavy (non-hydrogen) atoms. The van der Waals surface area contributed by atoms with Crippen molar-refractivity contribution >= 4 is 45.1 Å². The van der Waals surface area contributed by atoms with E-state index in [1.807, 2.05) is 51.1 Å². The van der Waals surface area contributed by atoms with Crippen molar-refractivity contribution in [1.82, 2.24) is 0 Å². The molecule has 0 radical (unpaired) electrons. The Morgan fingerprint density at radius 2 is 1.83 bits per heavy atom. The molecule has 0 aliphatic carbocycles. The average Bonchev–Trinajstić information content (AvgIpc) is 3.04. The number of aryl methyl sites for hydroxylation is 3. The molecule has 1 aliphatic rings. The van der Waals surface area contributed by atoms with Gasteiger partial charge >= 0.3 is 5.97 Å². The predicted octanol–water partition coefficient (Wildman–Crippen LogP) is 3.91. The van der Waals surface area contributed by atoms with E-state index in [0.29, 0.717) is 5.69 Å². The van der Waals surface area contributed by atoms with Crippen molar-refractivity contribution in [3.8, 4) is 0 Å². The Labute approximate surface area is 178 Å². The minimum Gasteiger partial charge on any atom is -0.455 e. The van der Waals surface area contributed by atoms with Gasteiger partial charge in [-0.15, -0.1) is 0 Å². The number of carbonyl (C=O) groups excluding carboxylic acids is 3. The van der Waals surface area contributed by atoms with Crippen molar-refractivity contribution in [2.45, 2.75) is 27.2 Å². The summed E-state index contributed by atoms with van der Waals surface area (Å²) in [6.07, 6.45) is 0.0827. The number of halogens is 1. The fraction of sp³-hybridized carbons (Fsp3) is 0.318. The summed E-state index contributed by atoms with van der Waals surface area (Å²) in [5, 5.41) is 2.70. The smallest absolute Gasteiger partial charge is 0.311 e. The summed E-state index contributed by atoms with van der Waals surface area (Å²) in [6.45, 7) is 5.72. The lowest BCUT2D eigenvalue weighted by Gasteiger charge is -2.18. The van der Waals surface area contributed by atoms with Crippen LogP contribution in [0.1, 0.15) is 23.1 Å². The minimum atomic E-state index is -0.578. The van der Waals surface area contributed by atoms with Crippen molar-refractivity contribution in [3.63, 3.8) is 0 Å². The Morgan fingerprint density at radius 3 is 2.48 bits per heavy atom. The largest absolute Gasteiger partial charge is 0.455 e. The van der Waals surface area contributed by atoms with Gasteiger partial charge in [-0.1, -0.05) is 22.0 Å². The SMILES string of the molecule is Cc1cc(C)cc(N2C[C@H](C(=O)OCC(=O)Nc3ccc(Br)c(C)c3)CC2=O)c1. The van der Waals surface area contributed by atoms with E-state index in [-0.39, 0.29) is 25.5 Å². The van der Waals surface area contributed by atoms with Gasteiger partial charge in [-0.2, -0.15) is 0 Å². The van der Waals surface area contributed by atoms with Gasteiger partial charge in [-0.05, 0) is 67.8 Å². The zero-order chi connectivity index (χ0) is 21.1. The van der Waals surface area contributed by atoms with E-state index in [4.69, 9.17) is 4.74 Å². The zero-order valence-corrected chi connectivity index (χ0v) is 18.2. The van der Waals surface area contributed by atoms with Gasteiger partial charge in [0.15, 0.2) is 6.61 Å². The van der Waals surface area contributed by atoms with E-state index in [1.165, 1.54) is 0 Å². The van der Waals surface area contributed by atoms with Crippen LogP contribution in [0.25, 0.3) is 0 Å². The van der Waals surface area contributed by atoms with Gasteiger partial charge in [0.2, 0.25) is 5.91 Å². The lowest BCUT2D eigenvalue weighted by Crippen LogP contribution is -2.28. The number of hydrogen-bond acceptors (Lipinski definition) is 4. The molecule has 2 aromatic rings. The van der Waals surface area contributed by atoms with Gasteiger partial charge in [0.05, 0.1) is 5.92 Å². The summed E-state index contributed by atoms with van der Waals surface area (Å²) in [5.74, 6) is -1.65. The van der Waals surface area contributed by atoms with Gasteiger partial charge in [-0.3, -0.25) is 14.4 Å². The fourth-order valence-electron chi connectivity index (χ4n) is 3.40. The van der Waals surface area contributed by atoms with Crippen molar-refractivity contribution in [2.24, 2.45) is 5.92 Å². The molecule has 1 heterocycles. The van der Waals surface area contributed by atoms with Crippen LogP contribution < -0.4 is 10.2 Å². The van der Waals surface area contributed by atoms with E-state index in [1.54, 1.807) is 11.0 Å². The lowest BCUT2D eigenvalue weighted by atomic mass is 10.1. The number of esters is 1. The van der Waals surface area contributed by atoms with Gasteiger partial charge in [-0.25, -0.2) is 0 Å². The van der Waals surface area contributed by atoms with Crippen molar-refractivity contribution in [3.05, 3.63) is 57.6 Å². The van der Waals surface area contributed by atoms with Crippen LogP contribution >= 0.6 is 15.9 Å². The van der Waals surface area contributed by atoms with Crippen LogP contribution in [0.4, 0.5) is 11.4 Å². The van der Waals surface area contributed by atoms with Crippen LogP contribution in [0.2, 0.25) is 0 Å². The molecule has 6 nitrogen and oxygen atoms in total. The summed E-state index contributed by atoms with van der Waals surface area (Å²) in [4.78, 5) is 38.4. The van der Waals surface area contributed by atoms with E-state index >= 15 is 0 Å². The number of rotatable bonds is 5. The maximum absolute atomic E-state index is 12.4. The summed E-state index contributed by atoms with van der Waals surface area (Å²) in [5.41, 5.74) is 4.50. The minimum absolute atomic E-state index is 0.0827. The number of anilines is 2. The van der Waals surface area contributed by atoms with Gasteiger partial charge in [0.1, 0.15) is 0 Å². The van der Waals surface area contributed by atoms with Crippen molar-refractivity contribution < 1.29 is 19.1 Å². The number of ether oxygens (including phenoxy) is 1. The molecular formula is C22H23BrN2O4. The van der Waals surface area contributed by atoms with Gasteiger partial charge in [0, 0.05) is 28.8 Å². The van der Waals surface area contributed by atoms with Crippen LogP contribution in [0.15, 0.2) is 40.9 Å². The average molecular weight is 459 g/mol. The summed E-state index contributed by atoms with van der Waals surface area (Å²) < 4.78 is 6.10.